The van der Waals surface area contributed by atoms with Gasteiger partial charge in [0.25, 0.3) is 10.2 Å². The molecule has 1 aliphatic rings. The van der Waals surface area contributed by atoms with E-state index < -0.39 is 16.2 Å². The van der Waals surface area contributed by atoms with Crippen LogP contribution in [0.15, 0.2) is 42.5 Å². The Kier molecular flexibility index (Phi) is 6.98. The molecular formula is C22H30N4O4S. The lowest BCUT2D eigenvalue weighted by molar-refractivity contribution is -0.134. The molecule has 9 heteroatoms. The first-order chi connectivity index (χ1) is 14.6. The fraction of sp³-hybridized carbons (Fsp3) is 0.455. The normalized spacial score (nSPS) is 15.0. The second-order valence-electron chi connectivity index (χ2n) is 8.74. The number of pyridine rings is 1. The second-order valence-corrected chi connectivity index (χ2v) is 10.7. The van der Waals surface area contributed by atoms with Crippen LogP contribution in [0.4, 0.5) is 5.82 Å². The molecule has 168 valence electrons. The van der Waals surface area contributed by atoms with Crippen molar-refractivity contribution in [3.63, 3.8) is 0 Å². The minimum atomic E-state index is -3.63. The lowest BCUT2D eigenvalue weighted by Gasteiger charge is -2.35. The standard InChI is InChI=1S/C22H30N4O4S/c1-22(2,3)18-10-8-17(9-11-18)15-26(31(29,30)25-12-5-13-25)16-19-6-4-7-20(24-19)23-14-21(27)28/h4,6-11H,5,12-16H2,1-3H3,(H,23,24)(H,27,28). The third-order valence-corrected chi connectivity index (χ3v) is 7.14. The van der Waals surface area contributed by atoms with E-state index in [1.54, 1.807) is 18.2 Å². The van der Waals surface area contributed by atoms with Crippen molar-refractivity contribution in [2.75, 3.05) is 25.0 Å². The molecule has 0 radical (unpaired) electrons. The molecule has 1 aliphatic heterocycles. The van der Waals surface area contributed by atoms with E-state index in [0.717, 1.165) is 12.0 Å². The predicted octanol–water partition coefficient (Wildman–Crippen LogP) is 2.83. The van der Waals surface area contributed by atoms with Gasteiger partial charge in [-0.25, -0.2) is 4.98 Å². The molecule has 31 heavy (non-hydrogen) atoms. The molecule has 0 saturated carbocycles. The predicted molar refractivity (Wildman–Crippen MR) is 120 cm³/mol. The highest BCUT2D eigenvalue weighted by molar-refractivity contribution is 7.86. The number of nitrogens with zero attached hydrogens (tertiary/aromatic N) is 3. The Hall–Kier alpha value is -2.49. The van der Waals surface area contributed by atoms with E-state index in [2.05, 4.69) is 31.1 Å². The van der Waals surface area contributed by atoms with Gasteiger partial charge in [0.2, 0.25) is 0 Å². The minimum Gasteiger partial charge on any atom is -0.480 e. The maximum absolute atomic E-state index is 13.2. The average molecular weight is 447 g/mol. The molecule has 8 nitrogen and oxygen atoms in total. The van der Waals surface area contributed by atoms with Gasteiger partial charge in [-0.1, -0.05) is 51.1 Å². The summed E-state index contributed by atoms with van der Waals surface area (Å²) in [6.45, 7) is 7.54. The molecular weight excluding hydrogens is 416 g/mol. The van der Waals surface area contributed by atoms with Crippen molar-refractivity contribution in [2.45, 2.75) is 45.7 Å². The molecule has 0 aliphatic carbocycles. The number of hydrogen-bond acceptors (Lipinski definition) is 5. The monoisotopic (exact) mass is 446 g/mol. The first-order valence-corrected chi connectivity index (χ1v) is 11.7. The Bertz CT molecular complexity index is 1010. The van der Waals surface area contributed by atoms with Gasteiger partial charge in [-0.3, -0.25) is 4.79 Å². The zero-order chi connectivity index (χ0) is 22.6. The van der Waals surface area contributed by atoms with Crippen molar-refractivity contribution >= 4 is 22.0 Å². The van der Waals surface area contributed by atoms with Crippen LogP contribution >= 0.6 is 0 Å². The summed E-state index contributed by atoms with van der Waals surface area (Å²) in [6.07, 6.45) is 0.861. The van der Waals surface area contributed by atoms with Gasteiger partial charge < -0.3 is 10.4 Å². The Morgan fingerprint density at radius 3 is 2.35 bits per heavy atom. The molecule has 2 aromatic rings. The first kappa shape index (κ1) is 23.2. The fourth-order valence-electron chi connectivity index (χ4n) is 3.23. The summed E-state index contributed by atoms with van der Waals surface area (Å²) < 4.78 is 29.3. The maximum atomic E-state index is 13.2. The molecule has 0 unspecified atom stereocenters. The van der Waals surface area contributed by atoms with Gasteiger partial charge in [-0.2, -0.15) is 17.0 Å². The highest BCUT2D eigenvalue weighted by atomic mass is 32.2. The summed E-state index contributed by atoms with van der Waals surface area (Å²) in [7, 11) is -3.63. The number of anilines is 1. The van der Waals surface area contributed by atoms with Crippen LogP contribution in [-0.2, 0) is 33.5 Å². The quantitative estimate of drug-likeness (QED) is 0.614. The number of carboxylic acids is 1. The Labute approximate surface area is 184 Å². The van der Waals surface area contributed by atoms with Gasteiger partial charge in [0.1, 0.15) is 12.4 Å². The van der Waals surface area contributed by atoms with Crippen molar-refractivity contribution in [3.8, 4) is 0 Å². The third-order valence-electron chi connectivity index (χ3n) is 5.21. The third kappa shape index (κ3) is 6.03. The van der Waals surface area contributed by atoms with Gasteiger partial charge in [-0.15, -0.1) is 0 Å². The van der Waals surface area contributed by atoms with Crippen molar-refractivity contribution in [1.29, 1.82) is 0 Å². The van der Waals surface area contributed by atoms with Crippen molar-refractivity contribution < 1.29 is 18.3 Å². The Morgan fingerprint density at radius 2 is 1.81 bits per heavy atom. The molecule has 0 spiro atoms. The van der Waals surface area contributed by atoms with Crippen LogP contribution in [-0.4, -0.2) is 52.7 Å². The molecule has 0 amide bonds. The number of nitrogens with one attached hydrogen (secondary N) is 1. The first-order valence-electron chi connectivity index (χ1n) is 10.3. The molecule has 1 fully saturated rings. The van der Waals surface area contributed by atoms with Crippen LogP contribution in [0.1, 0.15) is 44.0 Å². The lowest BCUT2D eigenvalue weighted by atomic mass is 9.87. The molecule has 1 aromatic heterocycles. The Morgan fingerprint density at radius 1 is 1.13 bits per heavy atom. The van der Waals surface area contributed by atoms with Crippen molar-refractivity contribution in [1.82, 2.24) is 13.6 Å². The second kappa shape index (κ2) is 9.33. The molecule has 0 atom stereocenters. The zero-order valence-corrected chi connectivity index (χ0v) is 19.0. The summed E-state index contributed by atoms with van der Waals surface area (Å²) >= 11 is 0. The SMILES string of the molecule is CC(C)(C)c1ccc(CN(Cc2cccc(NCC(=O)O)n2)S(=O)(=O)N2CCC2)cc1. The number of aliphatic carboxylic acids is 1. The molecule has 1 saturated heterocycles. The van der Waals surface area contributed by atoms with Crippen molar-refractivity contribution in [3.05, 3.63) is 59.3 Å². The minimum absolute atomic E-state index is 0.0231. The molecule has 3 rings (SSSR count). The topological polar surface area (TPSA) is 103 Å². The smallest absolute Gasteiger partial charge is 0.322 e. The van der Waals surface area contributed by atoms with E-state index in [1.807, 2.05) is 24.3 Å². The number of carbonyl (C=O) groups is 1. The summed E-state index contributed by atoms with van der Waals surface area (Å²) in [5, 5.41) is 11.6. The number of hydrogen-bond donors (Lipinski definition) is 2. The highest BCUT2D eigenvalue weighted by Gasteiger charge is 2.34. The van der Waals surface area contributed by atoms with Gasteiger partial charge in [0, 0.05) is 19.6 Å². The summed E-state index contributed by atoms with van der Waals surface area (Å²) in [5.74, 6) is -0.594. The highest BCUT2D eigenvalue weighted by Crippen LogP contribution is 2.25. The fourth-order valence-corrected chi connectivity index (χ4v) is 4.88. The van der Waals surface area contributed by atoms with E-state index in [9.17, 15) is 13.2 Å². The number of carboxylic acid groups (broad SMARTS) is 1. The lowest BCUT2D eigenvalue weighted by Crippen LogP contribution is -2.49. The van der Waals surface area contributed by atoms with E-state index in [-0.39, 0.29) is 25.0 Å². The largest absolute Gasteiger partial charge is 0.480 e. The van der Waals surface area contributed by atoms with Gasteiger partial charge in [0.05, 0.1) is 12.2 Å². The average Bonchev–Trinajstić information content (AvgIpc) is 2.64. The van der Waals surface area contributed by atoms with Crippen LogP contribution in [0.5, 0.6) is 0 Å². The van der Waals surface area contributed by atoms with E-state index in [4.69, 9.17) is 5.11 Å². The van der Waals surface area contributed by atoms with Gasteiger partial charge in [0.15, 0.2) is 0 Å². The van der Waals surface area contributed by atoms with E-state index in [0.29, 0.717) is 24.6 Å². The van der Waals surface area contributed by atoms with Crippen molar-refractivity contribution in [2.24, 2.45) is 0 Å². The molecule has 1 aromatic carbocycles. The van der Waals surface area contributed by atoms with Crippen LogP contribution in [0.25, 0.3) is 0 Å². The van der Waals surface area contributed by atoms with Crippen LogP contribution in [0, 0.1) is 0 Å². The Balaban J connectivity index is 1.82. The number of aromatic nitrogens is 1. The summed E-state index contributed by atoms with van der Waals surface area (Å²) in [6, 6.07) is 13.2. The summed E-state index contributed by atoms with van der Waals surface area (Å²) in [5.41, 5.74) is 2.66. The number of rotatable bonds is 9. The van der Waals surface area contributed by atoms with Crippen LogP contribution in [0.3, 0.4) is 0 Å². The van der Waals surface area contributed by atoms with E-state index in [1.165, 1.54) is 14.2 Å². The maximum Gasteiger partial charge on any atom is 0.322 e. The van der Waals surface area contributed by atoms with Gasteiger partial charge in [-0.05, 0) is 35.1 Å². The number of benzene rings is 1. The molecule has 2 N–H and O–H groups in total. The zero-order valence-electron chi connectivity index (χ0n) is 18.2. The van der Waals surface area contributed by atoms with Gasteiger partial charge >= 0.3 is 5.97 Å². The van der Waals surface area contributed by atoms with Crippen LogP contribution in [0.2, 0.25) is 0 Å². The molecule has 2 heterocycles. The summed E-state index contributed by atoms with van der Waals surface area (Å²) in [4.78, 5) is 15.2. The molecule has 0 bridgehead atoms. The van der Waals surface area contributed by atoms with Crippen LogP contribution < -0.4 is 5.32 Å². The van der Waals surface area contributed by atoms with E-state index >= 15 is 0 Å².